The van der Waals surface area contributed by atoms with Gasteiger partial charge in [-0.15, -0.1) is 12.4 Å². The van der Waals surface area contributed by atoms with Gasteiger partial charge in [0.1, 0.15) is 0 Å². The predicted molar refractivity (Wildman–Crippen MR) is 100 cm³/mol. The fourth-order valence-corrected chi connectivity index (χ4v) is 3.41. The molecule has 0 atom stereocenters. The summed E-state index contributed by atoms with van der Waals surface area (Å²) in [5.41, 5.74) is 3.83. The maximum absolute atomic E-state index is 12.1. The highest BCUT2D eigenvalue weighted by molar-refractivity contribution is 7.89. The summed E-state index contributed by atoms with van der Waals surface area (Å²) in [6.45, 7) is 2.05. The Morgan fingerprint density at radius 2 is 1.58 bits per heavy atom. The molecule has 24 heavy (non-hydrogen) atoms. The van der Waals surface area contributed by atoms with E-state index in [1.165, 1.54) is 18.4 Å². The van der Waals surface area contributed by atoms with Gasteiger partial charge in [0.15, 0.2) is 0 Å². The normalized spacial score (nSPS) is 11.5. The van der Waals surface area contributed by atoms with Crippen LogP contribution in [0.25, 0.3) is 22.2 Å². The van der Waals surface area contributed by atoms with Crippen molar-refractivity contribution in [3.05, 3.63) is 60.2 Å². The zero-order valence-corrected chi connectivity index (χ0v) is 15.4. The van der Waals surface area contributed by atoms with Gasteiger partial charge in [0.25, 0.3) is 0 Å². The first-order valence-corrected chi connectivity index (χ1v) is 8.73. The second-order valence-corrected chi connectivity index (χ2v) is 7.81. The fourth-order valence-electron chi connectivity index (χ4n) is 2.51. The van der Waals surface area contributed by atoms with Gasteiger partial charge in [-0.3, -0.25) is 0 Å². The molecule has 2 aromatic carbocycles. The van der Waals surface area contributed by atoms with E-state index in [1.54, 1.807) is 24.3 Å². The van der Waals surface area contributed by atoms with Crippen molar-refractivity contribution in [2.75, 3.05) is 14.1 Å². The Labute approximate surface area is 148 Å². The monoisotopic (exact) mass is 362 g/mol. The minimum atomic E-state index is -3.41. The lowest BCUT2D eigenvalue weighted by atomic mass is 10.1. The average molecular weight is 363 g/mol. The van der Waals surface area contributed by atoms with E-state index in [0.717, 1.165) is 27.7 Å². The third-order valence-corrected chi connectivity index (χ3v) is 5.68. The zero-order valence-electron chi connectivity index (χ0n) is 13.7. The molecule has 0 saturated heterocycles. The molecule has 0 unspecified atom stereocenters. The van der Waals surface area contributed by atoms with E-state index in [2.05, 4.69) is 11.9 Å². The Kier molecular flexibility index (Phi) is 5.28. The number of hydrogen-bond donors (Lipinski definition) is 0. The summed E-state index contributed by atoms with van der Waals surface area (Å²) in [7, 11) is -0.355. The number of rotatable bonds is 3. The highest BCUT2D eigenvalue weighted by Crippen LogP contribution is 2.25. The summed E-state index contributed by atoms with van der Waals surface area (Å²) in [4.78, 5) is 4.95. The minimum absolute atomic E-state index is 0. The lowest BCUT2D eigenvalue weighted by molar-refractivity contribution is 0.521. The molecule has 3 aromatic rings. The van der Waals surface area contributed by atoms with Crippen LogP contribution >= 0.6 is 12.4 Å². The van der Waals surface area contributed by atoms with Crippen molar-refractivity contribution in [1.29, 1.82) is 0 Å². The van der Waals surface area contributed by atoms with E-state index in [0.29, 0.717) is 0 Å². The SMILES string of the molecule is Cc1cc(-c2ccc(S(=O)(=O)N(C)C)cc2)nc2ccccc12.Cl. The fraction of sp³-hybridized carbons (Fsp3) is 0.167. The molecular weight excluding hydrogens is 344 g/mol. The van der Waals surface area contributed by atoms with Gasteiger partial charge < -0.3 is 0 Å². The number of hydrogen-bond acceptors (Lipinski definition) is 3. The molecule has 0 N–H and O–H groups in total. The molecule has 0 amide bonds. The van der Waals surface area contributed by atoms with Gasteiger partial charge in [-0.2, -0.15) is 0 Å². The first kappa shape index (κ1) is 18.4. The molecule has 6 heteroatoms. The number of benzene rings is 2. The molecule has 0 fully saturated rings. The van der Waals surface area contributed by atoms with Crippen LogP contribution in [0.2, 0.25) is 0 Å². The molecule has 0 aliphatic carbocycles. The first-order valence-electron chi connectivity index (χ1n) is 7.29. The van der Waals surface area contributed by atoms with Crippen LogP contribution in [0.3, 0.4) is 0 Å². The number of nitrogens with zero attached hydrogens (tertiary/aromatic N) is 2. The highest BCUT2D eigenvalue weighted by Gasteiger charge is 2.17. The van der Waals surface area contributed by atoms with Gasteiger partial charge in [0.2, 0.25) is 10.0 Å². The Hall–Kier alpha value is -1.95. The second kappa shape index (κ2) is 6.89. The van der Waals surface area contributed by atoms with Crippen molar-refractivity contribution in [2.45, 2.75) is 11.8 Å². The van der Waals surface area contributed by atoms with Crippen molar-refractivity contribution in [2.24, 2.45) is 0 Å². The van der Waals surface area contributed by atoms with Crippen molar-refractivity contribution >= 4 is 33.3 Å². The number of fused-ring (bicyclic) bond motifs is 1. The van der Waals surface area contributed by atoms with E-state index in [1.807, 2.05) is 30.3 Å². The van der Waals surface area contributed by atoms with Crippen molar-refractivity contribution in [1.82, 2.24) is 9.29 Å². The van der Waals surface area contributed by atoms with E-state index >= 15 is 0 Å². The number of aryl methyl sites for hydroxylation is 1. The average Bonchev–Trinajstić information content (AvgIpc) is 2.55. The van der Waals surface area contributed by atoms with Crippen LogP contribution in [0.4, 0.5) is 0 Å². The smallest absolute Gasteiger partial charge is 0.242 e. The summed E-state index contributed by atoms with van der Waals surface area (Å²) in [6, 6.07) is 16.9. The molecule has 0 spiro atoms. The number of pyridine rings is 1. The van der Waals surface area contributed by atoms with Crippen molar-refractivity contribution in [3.8, 4) is 11.3 Å². The summed E-state index contributed by atoms with van der Waals surface area (Å²) in [6.07, 6.45) is 0. The third kappa shape index (κ3) is 3.29. The van der Waals surface area contributed by atoms with Gasteiger partial charge in [-0.05, 0) is 36.8 Å². The van der Waals surface area contributed by atoms with Crippen LogP contribution in [0.1, 0.15) is 5.56 Å². The van der Waals surface area contributed by atoms with Gasteiger partial charge in [0, 0.05) is 25.0 Å². The number of para-hydroxylation sites is 1. The molecule has 0 radical (unpaired) electrons. The van der Waals surface area contributed by atoms with Crippen LogP contribution in [0.15, 0.2) is 59.5 Å². The maximum Gasteiger partial charge on any atom is 0.242 e. The molecule has 1 aromatic heterocycles. The van der Waals surface area contributed by atoms with Gasteiger partial charge in [-0.1, -0.05) is 30.3 Å². The number of sulfonamides is 1. The number of aromatic nitrogens is 1. The summed E-state index contributed by atoms with van der Waals surface area (Å²) in [5.74, 6) is 0. The standard InChI is InChI=1S/C18H18N2O2S.ClH/c1-13-12-18(19-17-7-5-4-6-16(13)17)14-8-10-15(11-9-14)23(21,22)20(2)3;/h4-12H,1-3H3;1H. The van der Waals surface area contributed by atoms with Gasteiger partial charge in [0.05, 0.1) is 16.1 Å². The van der Waals surface area contributed by atoms with Crippen molar-refractivity contribution in [3.63, 3.8) is 0 Å². The highest BCUT2D eigenvalue weighted by atomic mass is 35.5. The number of halogens is 1. The molecule has 0 aliphatic heterocycles. The van der Waals surface area contributed by atoms with Gasteiger partial charge in [-0.25, -0.2) is 17.7 Å². The molecule has 1 heterocycles. The summed E-state index contributed by atoms with van der Waals surface area (Å²) in [5, 5.41) is 1.13. The van der Waals surface area contributed by atoms with E-state index in [9.17, 15) is 8.42 Å². The van der Waals surface area contributed by atoms with Gasteiger partial charge >= 0.3 is 0 Å². The van der Waals surface area contributed by atoms with Crippen LogP contribution in [0.5, 0.6) is 0 Å². The second-order valence-electron chi connectivity index (χ2n) is 5.65. The third-order valence-electron chi connectivity index (χ3n) is 3.85. The molecule has 0 saturated carbocycles. The Balaban J connectivity index is 0.00000208. The largest absolute Gasteiger partial charge is 0.248 e. The zero-order chi connectivity index (χ0) is 16.6. The van der Waals surface area contributed by atoms with Crippen LogP contribution in [-0.4, -0.2) is 31.8 Å². The Morgan fingerprint density at radius 1 is 0.958 bits per heavy atom. The topological polar surface area (TPSA) is 50.3 Å². The lowest BCUT2D eigenvalue weighted by Gasteiger charge is -2.12. The van der Waals surface area contributed by atoms with E-state index < -0.39 is 10.0 Å². The Bertz CT molecular complexity index is 968. The Morgan fingerprint density at radius 3 is 2.21 bits per heavy atom. The van der Waals surface area contributed by atoms with E-state index in [4.69, 9.17) is 0 Å². The summed E-state index contributed by atoms with van der Waals surface area (Å²) >= 11 is 0. The summed E-state index contributed by atoms with van der Waals surface area (Å²) < 4.78 is 25.4. The van der Waals surface area contributed by atoms with Crippen molar-refractivity contribution < 1.29 is 8.42 Å². The molecule has 4 nitrogen and oxygen atoms in total. The van der Waals surface area contributed by atoms with Crippen LogP contribution < -0.4 is 0 Å². The quantitative estimate of drug-likeness (QED) is 0.710. The predicted octanol–water partition coefficient (Wildman–Crippen LogP) is 3.88. The lowest BCUT2D eigenvalue weighted by Crippen LogP contribution is -2.22. The van der Waals surface area contributed by atoms with E-state index in [-0.39, 0.29) is 17.3 Å². The molecule has 126 valence electrons. The molecule has 0 aliphatic rings. The minimum Gasteiger partial charge on any atom is -0.248 e. The van der Waals surface area contributed by atoms with Crippen LogP contribution in [0, 0.1) is 6.92 Å². The molecule has 0 bridgehead atoms. The van der Waals surface area contributed by atoms with Crippen LogP contribution in [-0.2, 0) is 10.0 Å². The maximum atomic E-state index is 12.1. The molecule has 3 rings (SSSR count). The molecular formula is C18H19ClN2O2S. The first-order chi connectivity index (χ1) is 10.9.